The zero-order valence-corrected chi connectivity index (χ0v) is 14.9. The number of amides is 1. The summed E-state index contributed by atoms with van der Waals surface area (Å²) in [5, 5.41) is 5.05. The maximum Gasteiger partial charge on any atom is 0.277 e. The van der Waals surface area contributed by atoms with Crippen LogP contribution in [0.1, 0.15) is 5.56 Å². The molecule has 6 nitrogen and oxygen atoms in total. The molecule has 0 saturated carbocycles. The van der Waals surface area contributed by atoms with E-state index in [1.165, 1.54) is 12.3 Å². The molecule has 0 unspecified atom stereocenters. The summed E-state index contributed by atoms with van der Waals surface area (Å²) in [5.74, 6) is 1.03. The van der Waals surface area contributed by atoms with Gasteiger partial charge < -0.3 is 14.2 Å². The van der Waals surface area contributed by atoms with E-state index in [-0.39, 0.29) is 13.4 Å². The van der Waals surface area contributed by atoms with Gasteiger partial charge in [-0.05, 0) is 24.3 Å². The topological polar surface area (TPSA) is 69.2 Å². The van der Waals surface area contributed by atoms with E-state index in [0.717, 1.165) is 0 Å². The molecular weight excluding hydrogens is 391 g/mol. The average Bonchev–Trinajstić information content (AvgIpc) is 3.01. The predicted molar refractivity (Wildman–Crippen MR) is 95.3 cm³/mol. The van der Waals surface area contributed by atoms with Crippen LogP contribution in [0.2, 0.25) is 15.1 Å². The Bertz CT molecular complexity index is 842. The lowest BCUT2D eigenvalue weighted by Crippen LogP contribution is -2.24. The van der Waals surface area contributed by atoms with Crippen LogP contribution >= 0.6 is 34.8 Å². The van der Waals surface area contributed by atoms with Gasteiger partial charge in [-0.15, -0.1) is 0 Å². The van der Waals surface area contributed by atoms with Crippen molar-refractivity contribution in [2.45, 2.75) is 0 Å². The summed E-state index contributed by atoms with van der Waals surface area (Å²) >= 11 is 17.8. The normalized spacial score (nSPS) is 12.4. The molecule has 1 N–H and O–H groups in total. The molecule has 2 aromatic rings. The number of carbonyl (C=O) groups is 1. The fraction of sp³-hybridized carbons (Fsp3) is 0.125. The van der Waals surface area contributed by atoms with Gasteiger partial charge in [0.1, 0.15) is 5.75 Å². The van der Waals surface area contributed by atoms with Gasteiger partial charge in [0, 0.05) is 16.7 Å². The second kappa shape index (κ2) is 7.82. The summed E-state index contributed by atoms with van der Waals surface area (Å²) in [4.78, 5) is 11.8. The lowest BCUT2D eigenvalue weighted by Gasteiger charge is -2.07. The SMILES string of the molecule is O=C(COc1ccc(Cl)cc1Cl)NN=Cc1cc2c(cc1Cl)OCO2. The molecule has 25 heavy (non-hydrogen) atoms. The maximum absolute atomic E-state index is 11.8. The van der Waals surface area contributed by atoms with E-state index in [9.17, 15) is 4.79 Å². The number of hydrazone groups is 1. The Morgan fingerprint density at radius 1 is 1.16 bits per heavy atom. The van der Waals surface area contributed by atoms with E-state index < -0.39 is 5.91 Å². The number of rotatable bonds is 5. The minimum atomic E-state index is -0.459. The summed E-state index contributed by atoms with van der Waals surface area (Å²) in [6.45, 7) is -0.110. The minimum Gasteiger partial charge on any atom is -0.482 e. The summed E-state index contributed by atoms with van der Waals surface area (Å²) in [5.41, 5.74) is 2.91. The third-order valence-electron chi connectivity index (χ3n) is 3.14. The van der Waals surface area contributed by atoms with Gasteiger partial charge in [0.05, 0.1) is 16.3 Å². The van der Waals surface area contributed by atoms with Crippen molar-refractivity contribution < 1.29 is 19.0 Å². The number of hydrogen-bond donors (Lipinski definition) is 1. The van der Waals surface area contributed by atoms with Crippen molar-refractivity contribution >= 4 is 46.9 Å². The molecule has 0 spiro atoms. The smallest absolute Gasteiger partial charge is 0.277 e. The number of carbonyl (C=O) groups excluding carboxylic acids is 1. The van der Waals surface area contributed by atoms with Gasteiger partial charge in [0.2, 0.25) is 6.79 Å². The van der Waals surface area contributed by atoms with Crippen molar-refractivity contribution in [1.82, 2.24) is 5.43 Å². The molecule has 9 heteroatoms. The molecule has 1 amide bonds. The fourth-order valence-corrected chi connectivity index (χ4v) is 2.64. The highest BCUT2D eigenvalue weighted by Crippen LogP contribution is 2.36. The number of ether oxygens (including phenoxy) is 3. The summed E-state index contributed by atoms with van der Waals surface area (Å²) in [6, 6.07) is 8.01. The van der Waals surface area contributed by atoms with Gasteiger partial charge >= 0.3 is 0 Å². The maximum atomic E-state index is 11.8. The monoisotopic (exact) mass is 400 g/mol. The van der Waals surface area contributed by atoms with Gasteiger partial charge in [0.25, 0.3) is 5.91 Å². The van der Waals surface area contributed by atoms with Crippen molar-refractivity contribution in [3.8, 4) is 17.2 Å². The molecule has 1 aliphatic heterocycles. The highest BCUT2D eigenvalue weighted by Gasteiger charge is 2.15. The third kappa shape index (κ3) is 4.48. The number of nitrogens with one attached hydrogen (secondary N) is 1. The fourth-order valence-electron chi connectivity index (χ4n) is 1.97. The molecule has 0 atom stereocenters. The first-order valence-corrected chi connectivity index (χ1v) is 8.15. The van der Waals surface area contributed by atoms with Crippen molar-refractivity contribution in [3.63, 3.8) is 0 Å². The van der Waals surface area contributed by atoms with Crippen molar-refractivity contribution in [2.24, 2.45) is 5.10 Å². The van der Waals surface area contributed by atoms with Gasteiger partial charge in [-0.25, -0.2) is 5.43 Å². The summed E-state index contributed by atoms with van der Waals surface area (Å²) in [6.07, 6.45) is 1.40. The molecule has 0 aromatic heterocycles. The lowest BCUT2D eigenvalue weighted by molar-refractivity contribution is -0.123. The lowest BCUT2D eigenvalue weighted by atomic mass is 10.2. The molecule has 1 heterocycles. The van der Waals surface area contributed by atoms with Crippen LogP contribution in [0.3, 0.4) is 0 Å². The van der Waals surface area contributed by atoms with Gasteiger partial charge in [-0.3, -0.25) is 4.79 Å². The zero-order chi connectivity index (χ0) is 17.8. The predicted octanol–water partition coefficient (Wildman–Crippen LogP) is 3.90. The molecule has 0 bridgehead atoms. The molecule has 0 fully saturated rings. The Labute approximate surface area is 158 Å². The van der Waals surface area contributed by atoms with Crippen LogP contribution in [0.4, 0.5) is 0 Å². The standard InChI is InChI=1S/C16H11Cl3N2O4/c17-10-1-2-13(12(19)4-10)23-7-16(22)21-20-6-9-3-14-15(5-11(9)18)25-8-24-14/h1-6H,7-8H2,(H,21,22). The van der Waals surface area contributed by atoms with E-state index in [0.29, 0.717) is 37.9 Å². The van der Waals surface area contributed by atoms with Crippen LogP contribution in [-0.4, -0.2) is 25.5 Å². The van der Waals surface area contributed by atoms with Gasteiger partial charge in [-0.2, -0.15) is 5.10 Å². The second-order valence-electron chi connectivity index (χ2n) is 4.88. The Hall–Kier alpha value is -2.15. The number of benzene rings is 2. The minimum absolute atomic E-state index is 0.146. The average molecular weight is 402 g/mol. The molecule has 0 saturated heterocycles. The van der Waals surface area contributed by atoms with Gasteiger partial charge in [0.15, 0.2) is 18.1 Å². The van der Waals surface area contributed by atoms with Crippen LogP contribution in [0.5, 0.6) is 17.2 Å². The first-order chi connectivity index (χ1) is 12.0. The zero-order valence-electron chi connectivity index (χ0n) is 12.6. The molecule has 2 aromatic carbocycles. The van der Waals surface area contributed by atoms with E-state index in [4.69, 9.17) is 49.0 Å². The molecule has 3 rings (SSSR count). The van der Waals surface area contributed by atoms with Gasteiger partial charge in [-0.1, -0.05) is 34.8 Å². The highest BCUT2D eigenvalue weighted by atomic mass is 35.5. The number of hydrogen-bond acceptors (Lipinski definition) is 5. The molecule has 130 valence electrons. The molecule has 0 radical (unpaired) electrons. The van der Waals surface area contributed by atoms with Crippen molar-refractivity contribution in [2.75, 3.05) is 13.4 Å². The van der Waals surface area contributed by atoms with E-state index >= 15 is 0 Å². The highest BCUT2D eigenvalue weighted by molar-refractivity contribution is 6.35. The molecular formula is C16H11Cl3N2O4. The summed E-state index contributed by atoms with van der Waals surface area (Å²) in [7, 11) is 0. The Balaban J connectivity index is 1.54. The van der Waals surface area contributed by atoms with Crippen LogP contribution in [0, 0.1) is 0 Å². The quantitative estimate of drug-likeness (QED) is 0.609. The van der Waals surface area contributed by atoms with E-state index in [1.807, 2.05) is 0 Å². The Morgan fingerprint density at radius 2 is 1.92 bits per heavy atom. The van der Waals surface area contributed by atoms with Crippen LogP contribution in [0.25, 0.3) is 0 Å². The number of nitrogens with zero attached hydrogens (tertiary/aromatic N) is 1. The van der Waals surface area contributed by atoms with Crippen LogP contribution in [0.15, 0.2) is 35.4 Å². The number of halogens is 3. The van der Waals surface area contributed by atoms with Crippen LogP contribution in [-0.2, 0) is 4.79 Å². The van der Waals surface area contributed by atoms with E-state index in [1.54, 1.807) is 24.3 Å². The first kappa shape index (κ1) is 17.7. The van der Waals surface area contributed by atoms with E-state index in [2.05, 4.69) is 10.5 Å². The van der Waals surface area contributed by atoms with Crippen molar-refractivity contribution in [3.05, 3.63) is 51.0 Å². The number of fused-ring (bicyclic) bond motifs is 1. The molecule has 0 aliphatic carbocycles. The summed E-state index contributed by atoms with van der Waals surface area (Å²) < 4.78 is 15.8. The third-order valence-corrected chi connectivity index (χ3v) is 4.00. The Kier molecular flexibility index (Phi) is 5.53. The Morgan fingerprint density at radius 3 is 2.68 bits per heavy atom. The largest absolute Gasteiger partial charge is 0.482 e. The first-order valence-electron chi connectivity index (χ1n) is 7.02. The van der Waals surface area contributed by atoms with Crippen molar-refractivity contribution in [1.29, 1.82) is 0 Å². The second-order valence-corrected chi connectivity index (χ2v) is 6.13. The molecule has 1 aliphatic rings. The van der Waals surface area contributed by atoms with Crippen LogP contribution < -0.4 is 19.6 Å².